The van der Waals surface area contributed by atoms with Crippen molar-refractivity contribution in [1.82, 2.24) is 4.98 Å². The number of hydrazone groups is 1. The molecule has 0 spiro atoms. The average Bonchev–Trinajstić information content (AvgIpc) is 2.95. The van der Waals surface area contributed by atoms with Gasteiger partial charge in [-0.15, -0.1) is 0 Å². The van der Waals surface area contributed by atoms with E-state index < -0.39 is 0 Å². The van der Waals surface area contributed by atoms with Crippen LogP contribution in [0.1, 0.15) is 17.4 Å². The number of carbonyl (C=O) groups is 1. The van der Waals surface area contributed by atoms with Crippen LogP contribution in [0.2, 0.25) is 0 Å². The second-order valence-corrected chi connectivity index (χ2v) is 6.08. The van der Waals surface area contributed by atoms with E-state index in [1.54, 1.807) is 19.3 Å². The molecule has 0 saturated heterocycles. The minimum atomic E-state index is -0.243. The van der Waals surface area contributed by atoms with Gasteiger partial charge in [0.2, 0.25) is 5.13 Å². The number of carbonyl (C=O) groups excluding carboxylic acids is 1. The van der Waals surface area contributed by atoms with E-state index in [2.05, 4.69) is 15.5 Å². The summed E-state index contributed by atoms with van der Waals surface area (Å²) in [5.41, 5.74) is 5.00. The summed E-state index contributed by atoms with van der Waals surface area (Å²) >= 11 is 1.39. The highest BCUT2D eigenvalue weighted by molar-refractivity contribution is 7.15. The molecule has 0 radical (unpaired) electrons. The van der Waals surface area contributed by atoms with E-state index in [1.165, 1.54) is 11.3 Å². The lowest BCUT2D eigenvalue weighted by molar-refractivity contribution is -0.142. The molecule has 1 N–H and O–H groups in total. The maximum absolute atomic E-state index is 11.4. The fraction of sp³-hybridized carbons (Fsp3) is 0.312. The van der Waals surface area contributed by atoms with Gasteiger partial charge < -0.3 is 9.64 Å². The molecule has 0 fully saturated rings. The van der Waals surface area contributed by atoms with Gasteiger partial charge in [0.1, 0.15) is 0 Å². The van der Waals surface area contributed by atoms with Crippen molar-refractivity contribution in [3.63, 3.8) is 0 Å². The molecule has 2 rings (SSSR count). The van der Waals surface area contributed by atoms with Crippen LogP contribution in [0.4, 0.5) is 10.8 Å². The number of hydrogen-bond acceptors (Lipinski definition) is 7. The summed E-state index contributed by atoms with van der Waals surface area (Å²) in [4.78, 5) is 18.5. The molecule has 0 bridgehead atoms. The summed E-state index contributed by atoms with van der Waals surface area (Å²) in [6, 6.07) is 8.05. The number of hydrogen-bond donors (Lipinski definition) is 1. The minimum absolute atomic E-state index is 0.239. The number of nitrogens with one attached hydrogen (secondary N) is 1. The molecule has 1 aromatic carbocycles. The lowest BCUT2D eigenvalue weighted by Crippen LogP contribution is -2.08. The third-order valence-electron chi connectivity index (χ3n) is 2.96. The van der Waals surface area contributed by atoms with E-state index >= 15 is 0 Å². The summed E-state index contributed by atoms with van der Waals surface area (Å²) in [5.74, 6) is -0.243. The Kier molecular flexibility index (Phi) is 6.10. The van der Waals surface area contributed by atoms with Crippen molar-refractivity contribution < 1.29 is 9.53 Å². The molecular formula is C16H20N4O2S. The Bertz CT molecular complexity index is 665. The van der Waals surface area contributed by atoms with Crippen molar-refractivity contribution in [2.45, 2.75) is 13.3 Å². The molecule has 0 aliphatic carbocycles. The Morgan fingerprint density at radius 1 is 1.39 bits per heavy atom. The number of ether oxygens (including phenoxy) is 1. The molecule has 23 heavy (non-hydrogen) atoms. The Hall–Kier alpha value is -2.41. The van der Waals surface area contributed by atoms with E-state index in [1.807, 2.05) is 43.3 Å². The first-order valence-corrected chi connectivity index (χ1v) is 8.07. The zero-order chi connectivity index (χ0) is 16.7. The Morgan fingerprint density at radius 2 is 2.13 bits per heavy atom. The summed E-state index contributed by atoms with van der Waals surface area (Å²) in [6.07, 6.45) is 3.63. The monoisotopic (exact) mass is 332 g/mol. The maximum Gasteiger partial charge on any atom is 0.311 e. The summed E-state index contributed by atoms with van der Waals surface area (Å²) in [6.45, 7) is 2.18. The second-order valence-electron chi connectivity index (χ2n) is 4.97. The number of nitrogens with zero attached hydrogens (tertiary/aromatic N) is 3. The van der Waals surface area contributed by atoms with Crippen molar-refractivity contribution in [2.24, 2.45) is 5.10 Å². The van der Waals surface area contributed by atoms with Crippen molar-refractivity contribution in [3.05, 3.63) is 40.9 Å². The average molecular weight is 332 g/mol. The highest BCUT2D eigenvalue weighted by Gasteiger charge is 2.07. The van der Waals surface area contributed by atoms with Crippen molar-refractivity contribution in [2.75, 3.05) is 31.0 Å². The lowest BCUT2D eigenvalue weighted by Gasteiger charge is -2.11. The molecule has 0 amide bonds. The van der Waals surface area contributed by atoms with Gasteiger partial charge in [-0.3, -0.25) is 10.2 Å². The number of anilines is 2. The molecule has 0 aliphatic rings. The molecule has 0 aliphatic heterocycles. The number of aromatic nitrogens is 1. The Morgan fingerprint density at radius 3 is 2.78 bits per heavy atom. The number of rotatable bonds is 7. The number of thiazole rings is 1. The zero-order valence-electron chi connectivity index (χ0n) is 13.4. The van der Waals surface area contributed by atoms with E-state index in [0.717, 1.165) is 16.1 Å². The number of esters is 1. The normalized spacial score (nSPS) is 10.7. The van der Waals surface area contributed by atoms with Gasteiger partial charge in [-0.25, -0.2) is 4.98 Å². The van der Waals surface area contributed by atoms with E-state index in [-0.39, 0.29) is 12.4 Å². The van der Waals surface area contributed by atoms with Gasteiger partial charge in [-0.2, -0.15) is 5.10 Å². The molecule has 1 aromatic heterocycles. The van der Waals surface area contributed by atoms with Gasteiger partial charge in [-0.05, 0) is 24.6 Å². The molecular weight excluding hydrogens is 312 g/mol. The first-order valence-electron chi connectivity index (χ1n) is 7.25. The molecule has 2 aromatic rings. The van der Waals surface area contributed by atoms with E-state index in [9.17, 15) is 4.79 Å². The van der Waals surface area contributed by atoms with Crippen LogP contribution in [0, 0.1) is 0 Å². The van der Waals surface area contributed by atoms with E-state index in [4.69, 9.17) is 4.74 Å². The second kappa shape index (κ2) is 8.28. The van der Waals surface area contributed by atoms with Gasteiger partial charge in [0.25, 0.3) is 0 Å². The van der Waals surface area contributed by atoms with Crippen LogP contribution in [-0.4, -0.2) is 37.9 Å². The third kappa shape index (κ3) is 5.37. The van der Waals surface area contributed by atoms with Gasteiger partial charge in [0.15, 0.2) is 0 Å². The fourth-order valence-electron chi connectivity index (χ4n) is 1.82. The van der Waals surface area contributed by atoms with Crippen molar-refractivity contribution in [1.29, 1.82) is 0 Å². The first-order chi connectivity index (χ1) is 11.1. The van der Waals surface area contributed by atoms with Crippen LogP contribution in [0.15, 0.2) is 35.6 Å². The van der Waals surface area contributed by atoms with Crippen molar-refractivity contribution >= 4 is 34.3 Å². The van der Waals surface area contributed by atoms with Gasteiger partial charge in [-0.1, -0.05) is 23.5 Å². The molecule has 1 heterocycles. The fourth-order valence-corrected chi connectivity index (χ4v) is 2.56. The predicted octanol–water partition coefficient (Wildman–Crippen LogP) is 2.76. The lowest BCUT2D eigenvalue weighted by atomic mass is 10.2. The zero-order valence-corrected chi connectivity index (χ0v) is 14.3. The maximum atomic E-state index is 11.4. The Labute approximate surface area is 139 Å². The molecule has 0 atom stereocenters. The van der Waals surface area contributed by atoms with E-state index in [0.29, 0.717) is 11.7 Å². The topological polar surface area (TPSA) is 66.8 Å². The molecule has 6 nitrogen and oxygen atoms in total. The van der Waals surface area contributed by atoms with Gasteiger partial charge in [0, 0.05) is 30.9 Å². The standard InChI is InChI=1S/C16H20N4O2S/c1-4-22-15(21)9-14-11-17-16(23-14)19-18-10-12-5-7-13(8-6-12)20(2)3/h5-8,10-11H,4,9H2,1-3H3,(H,17,19)/b18-10+. The summed E-state index contributed by atoms with van der Waals surface area (Å²) < 4.78 is 4.91. The highest BCUT2D eigenvalue weighted by atomic mass is 32.1. The molecule has 0 unspecified atom stereocenters. The number of benzene rings is 1. The van der Waals surface area contributed by atoms with Crippen LogP contribution >= 0.6 is 11.3 Å². The van der Waals surface area contributed by atoms with Gasteiger partial charge >= 0.3 is 5.97 Å². The molecule has 7 heteroatoms. The highest BCUT2D eigenvalue weighted by Crippen LogP contribution is 2.19. The van der Waals surface area contributed by atoms with Crippen LogP contribution in [-0.2, 0) is 16.0 Å². The summed E-state index contributed by atoms with van der Waals surface area (Å²) in [7, 11) is 4.00. The summed E-state index contributed by atoms with van der Waals surface area (Å²) in [5, 5.41) is 4.80. The molecule has 0 saturated carbocycles. The van der Waals surface area contributed by atoms with Crippen LogP contribution in [0.25, 0.3) is 0 Å². The van der Waals surface area contributed by atoms with Crippen LogP contribution in [0.3, 0.4) is 0 Å². The van der Waals surface area contributed by atoms with Crippen LogP contribution < -0.4 is 10.3 Å². The predicted molar refractivity (Wildman–Crippen MR) is 94.4 cm³/mol. The quantitative estimate of drug-likeness (QED) is 0.480. The third-order valence-corrected chi connectivity index (χ3v) is 3.86. The van der Waals surface area contributed by atoms with Crippen molar-refractivity contribution in [3.8, 4) is 0 Å². The smallest absolute Gasteiger partial charge is 0.311 e. The van der Waals surface area contributed by atoms with Crippen LogP contribution in [0.5, 0.6) is 0 Å². The first kappa shape index (κ1) is 17.0. The molecule has 122 valence electrons. The largest absolute Gasteiger partial charge is 0.466 e. The minimum Gasteiger partial charge on any atom is -0.466 e. The Balaban J connectivity index is 1.88. The van der Waals surface area contributed by atoms with Gasteiger partial charge in [0.05, 0.1) is 19.2 Å². The SMILES string of the molecule is CCOC(=O)Cc1cnc(N/N=C/c2ccc(N(C)C)cc2)s1.